The standard InChI is InChI=1S/C29H22N2O6/c1-3-36-29(35)25(18-10-5-4-6-11-18)37-28(34)19-12-9-13-20(16-19)31-26(32)23-17(2)30-22-15-8-7-14-21(22)24(23)27(31)33/h4-16,25H,3H2,1-2H3. The lowest BCUT2D eigenvalue weighted by atomic mass is 10.0. The Morgan fingerprint density at radius 3 is 2.35 bits per heavy atom. The van der Waals surface area contributed by atoms with E-state index < -0.39 is 29.9 Å². The van der Waals surface area contributed by atoms with Crippen LogP contribution in [0.4, 0.5) is 5.69 Å². The van der Waals surface area contributed by atoms with Gasteiger partial charge in [0.1, 0.15) is 0 Å². The molecule has 184 valence electrons. The molecule has 0 spiro atoms. The second kappa shape index (κ2) is 9.66. The van der Waals surface area contributed by atoms with Crippen molar-refractivity contribution in [2.45, 2.75) is 20.0 Å². The molecule has 0 radical (unpaired) electrons. The van der Waals surface area contributed by atoms with Crippen molar-refractivity contribution in [1.29, 1.82) is 0 Å². The van der Waals surface area contributed by atoms with Gasteiger partial charge in [-0.1, -0.05) is 54.6 Å². The molecule has 0 fully saturated rings. The number of pyridine rings is 1. The van der Waals surface area contributed by atoms with Gasteiger partial charge in [0.15, 0.2) is 0 Å². The molecule has 5 rings (SSSR count). The van der Waals surface area contributed by atoms with Gasteiger partial charge in [0.25, 0.3) is 11.8 Å². The van der Waals surface area contributed by atoms with Crippen molar-refractivity contribution < 1.29 is 28.7 Å². The van der Waals surface area contributed by atoms with E-state index >= 15 is 0 Å². The predicted octanol–water partition coefficient (Wildman–Crippen LogP) is 4.81. The number of hydrogen-bond donors (Lipinski definition) is 0. The fraction of sp³-hybridized carbons (Fsp3) is 0.138. The summed E-state index contributed by atoms with van der Waals surface area (Å²) in [6.07, 6.45) is -1.27. The van der Waals surface area contributed by atoms with Gasteiger partial charge in [-0.15, -0.1) is 0 Å². The number of anilines is 1. The number of imide groups is 1. The van der Waals surface area contributed by atoms with E-state index in [0.717, 1.165) is 4.90 Å². The molecule has 8 nitrogen and oxygen atoms in total. The predicted molar refractivity (Wildman–Crippen MR) is 135 cm³/mol. The first-order chi connectivity index (χ1) is 17.9. The zero-order chi connectivity index (χ0) is 26.1. The molecule has 4 aromatic rings. The van der Waals surface area contributed by atoms with Crippen LogP contribution in [0, 0.1) is 6.92 Å². The van der Waals surface area contributed by atoms with Gasteiger partial charge in [0, 0.05) is 10.9 Å². The lowest BCUT2D eigenvalue weighted by Crippen LogP contribution is -2.29. The highest BCUT2D eigenvalue weighted by Gasteiger charge is 2.40. The summed E-state index contributed by atoms with van der Waals surface area (Å²) in [7, 11) is 0. The third-order valence-corrected chi connectivity index (χ3v) is 6.08. The number of amides is 2. The number of rotatable bonds is 6. The number of hydrogen-bond acceptors (Lipinski definition) is 7. The molecule has 1 aromatic heterocycles. The number of ether oxygens (including phenoxy) is 2. The first-order valence-corrected chi connectivity index (χ1v) is 11.7. The lowest BCUT2D eigenvalue weighted by molar-refractivity contribution is -0.153. The van der Waals surface area contributed by atoms with Gasteiger partial charge >= 0.3 is 11.9 Å². The lowest BCUT2D eigenvalue weighted by Gasteiger charge is -2.18. The maximum Gasteiger partial charge on any atom is 0.352 e. The molecule has 0 bridgehead atoms. The molecule has 0 N–H and O–H groups in total. The van der Waals surface area contributed by atoms with Crippen LogP contribution < -0.4 is 4.90 Å². The molecule has 0 saturated carbocycles. The van der Waals surface area contributed by atoms with E-state index in [9.17, 15) is 19.2 Å². The van der Waals surface area contributed by atoms with E-state index in [2.05, 4.69) is 4.98 Å². The zero-order valence-corrected chi connectivity index (χ0v) is 20.1. The van der Waals surface area contributed by atoms with Crippen molar-refractivity contribution in [2.75, 3.05) is 11.5 Å². The van der Waals surface area contributed by atoms with E-state index in [1.807, 2.05) is 6.07 Å². The van der Waals surface area contributed by atoms with Crippen LogP contribution in [0.5, 0.6) is 0 Å². The first kappa shape index (κ1) is 23.9. The fourth-order valence-electron chi connectivity index (χ4n) is 4.41. The minimum Gasteiger partial charge on any atom is -0.463 e. The summed E-state index contributed by atoms with van der Waals surface area (Å²) in [5, 5.41) is 0.583. The van der Waals surface area contributed by atoms with Gasteiger partial charge in [0.05, 0.1) is 40.2 Å². The van der Waals surface area contributed by atoms with Gasteiger partial charge in [-0.05, 0) is 38.1 Å². The fourth-order valence-corrected chi connectivity index (χ4v) is 4.41. The summed E-state index contributed by atoms with van der Waals surface area (Å²) in [6.45, 7) is 3.47. The Labute approximate surface area is 212 Å². The second-order valence-electron chi connectivity index (χ2n) is 8.41. The molecule has 8 heteroatoms. The number of carbonyl (C=O) groups excluding carboxylic acids is 4. The van der Waals surface area contributed by atoms with E-state index in [1.165, 1.54) is 12.1 Å². The molecule has 2 amide bonds. The highest BCUT2D eigenvalue weighted by atomic mass is 16.6. The van der Waals surface area contributed by atoms with Crippen LogP contribution in [0.25, 0.3) is 10.9 Å². The summed E-state index contributed by atoms with van der Waals surface area (Å²) in [6, 6.07) is 21.6. The van der Waals surface area contributed by atoms with Gasteiger partial charge in [-0.3, -0.25) is 14.6 Å². The molecule has 0 saturated heterocycles. The van der Waals surface area contributed by atoms with Crippen molar-refractivity contribution >= 4 is 40.3 Å². The molecular formula is C29H22N2O6. The van der Waals surface area contributed by atoms with Crippen LogP contribution in [0.2, 0.25) is 0 Å². The molecule has 1 atom stereocenters. The SMILES string of the molecule is CCOC(=O)C(OC(=O)c1cccc(N2C(=O)c3c(C)nc4ccccc4c3C2=O)c1)c1ccccc1. The number of fused-ring (bicyclic) bond motifs is 3. The van der Waals surface area contributed by atoms with Crippen LogP contribution in [0.1, 0.15) is 55.4 Å². The minimum absolute atomic E-state index is 0.0685. The van der Waals surface area contributed by atoms with Crippen molar-refractivity contribution in [2.24, 2.45) is 0 Å². The van der Waals surface area contributed by atoms with Crippen LogP contribution in [-0.4, -0.2) is 35.3 Å². The molecular weight excluding hydrogens is 472 g/mol. The number of carbonyl (C=O) groups is 4. The molecule has 1 unspecified atom stereocenters. The Morgan fingerprint density at radius 1 is 0.892 bits per heavy atom. The van der Waals surface area contributed by atoms with Crippen molar-refractivity contribution in [3.05, 3.63) is 107 Å². The Morgan fingerprint density at radius 2 is 1.59 bits per heavy atom. The zero-order valence-electron chi connectivity index (χ0n) is 20.1. The van der Waals surface area contributed by atoms with Gasteiger partial charge < -0.3 is 9.47 Å². The average molecular weight is 495 g/mol. The molecule has 0 aliphatic carbocycles. The summed E-state index contributed by atoms with van der Waals surface area (Å²) < 4.78 is 10.6. The van der Waals surface area contributed by atoms with Crippen molar-refractivity contribution in [3.63, 3.8) is 0 Å². The second-order valence-corrected chi connectivity index (χ2v) is 8.41. The monoisotopic (exact) mass is 494 g/mol. The molecule has 1 aliphatic heterocycles. The minimum atomic E-state index is -1.27. The normalized spacial score (nSPS) is 13.4. The number of aryl methyl sites for hydroxylation is 1. The van der Waals surface area contributed by atoms with Crippen molar-refractivity contribution in [1.82, 2.24) is 4.98 Å². The quantitative estimate of drug-likeness (QED) is 0.280. The average Bonchev–Trinajstić information content (AvgIpc) is 3.18. The number of para-hydroxylation sites is 1. The third kappa shape index (κ3) is 4.23. The van der Waals surface area contributed by atoms with Gasteiger partial charge in [-0.25, -0.2) is 14.5 Å². The maximum atomic E-state index is 13.5. The van der Waals surface area contributed by atoms with Gasteiger partial charge in [-0.2, -0.15) is 0 Å². The Kier molecular flexibility index (Phi) is 6.23. The summed E-state index contributed by atoms with van der Waals surface area (Å²) in [4.78, 5) is 58.0. The number of benzene rings is 3. The van der Waals surface area contributed by atoms with Gasteiger partial charge in [0.2, 0.25) is 6.10 Å². The smallest absolute Gasteiger partial charge is 0.352 e. The highest BCUT2D eigenvalue weighted by molar-refractivity contribution is 6.37. The van der Waals surface area contributed by atoms with E-state index in [4.69, 9.17) is 9.47 Å². The number of esters is 2. The Hall–Kier alpha value is -4.85. The number of nitrogens with zero attached hydrogens (tertiary/aromatic N) is 2. The molecule has 2 heterocycles. The topological polar surface area (TPSA) is 103 Å². The highest BCUT2D eigenvalue weighted by Crippen LogP contribution is 2.34. The van der Waals surface area contributed by atoms with Crippen LogP contribution in [-0.2, 0) is 14.3 Å². The van der Waals surface area contributed by atoms with Crippen LogP contribution >= 0.6 is 0 Å². The first-order valence-electron chi connectivity index (χ1n) is 11.7. The van der Waals surface area contributed by atoms with Crippen molar-refractivity contribution in [3.8, 4) is 0 Å². The third-order valence-electron chi connectivity index (χ3n) is 6.08. The summed E-state index contributed by atoms with van der Waals surface area (Å²) in [5.74, 6) is -2.52. The molecule has 1 aliphatic rings. The summed E-state index contributed by atoms with van der Waals surface area (Å²) in [5.41, 5.74) is 2.32. The Balaban J connectivity index is 1.48. The molecule has 37 heavy (non-hydrogen) atoms. The Bertz CT molecular complexity index is 1560. The van der Waals surface area contributed by atoms with E-state index in [0.29, 0.717) is 22.2 Å². The molecule has 3 aromatic carbocycles. The number of aromatic nitrogens is 1. The van der Waals surface area contributed by atoms with E-state index in [-0.39, 0.29) is 29.0 Å². The van der Waals surface area contributed by atoms with Crippen LogP contribution in [0.15, 0.2) is 78.9 Å². The maximum absolute atomic E-state index is 13.5. The largest absolute Gasteiger partial charge is 0.463 e. The van der Waals surface area contributed by atoms with E-state index in [1.54, 1.807) is 74.5 Å². The summed E-state index contributed by atoms with van der Waals surface area (Å²) >= 11 is 0. The van der Waals surface area contributed by atoms with Crippen LogP contribution in [0.3, 0.4) is 0 Å².